The molecule has 4 rings (SSSR count). The molecule has 3 aromatic heterocycles. The molecule has 0 N–H and O–H groups in total. The summed E-state index contributed by atoms with van der Waals surface area (Å²) in [5.41, 5.74) is 2.40. The predicted molar refractivity (Wildman–Crippen MR) is 108 cm³/mol. The second kappa shape index (κ2) is 5.70. The van der Waals surface area contributed by atoms with Gasteiger partial charge in [-0.1, -0.05) is 6.07 Å². The molecule has 1 aromatic carbocycles. The Morgan fingerprint density at radius 2 is 1.55 bits per heavy atom. The summed E-state index contributed by atoms with van der Waals surface area (Å²) in [6.45, 7) is 4.29. The van der Waals surface area contributed by atoms with Crippen molar-refractivity contribution in [1.82, 2.24) is 4.98 Å². The van der Waals surface area contributed by atoms with Crippen LogP contribution in [-0.2, 0) is 0 Å². The Labute approximate surface area is 154 Å². The molecule has 0 fully saturated rings. The molecule has 4 aromatic rings. The second-order valence-electron chi connectivity index (χ2n) is 5.14. The number of hydrogen-bond donors (Lipinski definition) is 0. The van der Waals surface area contributed by atoms with Crippen LogP contribution in [0, 0.1) is 17.4 Å². The number of thiophene rings is 2. The minimum absolute atomic E-state index is 1.13. The summed E-state index contributed by atoms with van der Waals surface area (Å²) in [7, 11) is 0. The molecular formula is C17H12INS3. The van der Waals surface area contributed by atoms with Crippen molar-refractivity contribution in [1.29, 1.82) is 0 Å². The molecule has 0 aliphatic carbocycles. The van der Waals surface area contributed by atoms with Gasteiger partial charge in [0, 0.05) is 18.2 Å². The molecule has 22 heavy (non-hydrogen) atoms. The van der Waals surface area contributed by atoms with Crippen LogP contribution < -0.4 is 0 Å². The van der Waals surface area contributed by atoms with Gasteiger partial charge in [0.05, 0.1) is 15.1 Å². The predicted octanol–water partition coefficient (Wildman–Crippen LogP) is 6.97. The second-order valence-corrected chi connectivity index (χ2v) is 9.67. The minimum Gasteiger partial charge on any atom is -0.235 e. The van der Waals surface area contributed by atoms with Crippen LogP contribution in [0.25, 0.3) is 29.9 Å². The first-order chi connectivity index (χ1) is 10.6. The normalized spacial score (nSPS) is 11.4. The van der Waals surface area contributed by atoms with Crippen molar-refractivity contribution in [3.05, 3.63) is 50.4 Å². The molecule has 5 heteroatoms. The Hall–Kier alpha value is -0.760. The number of thiazole rings is 1. The number of halogens is 1. The monoisotopic (exact) mass is 453 g/mol. The van der Waals surface area contributed by atoms with Gasteiger partial charge < -0.3 is 0 Å². The van der Waals surface area contributed by atoms with Crippen LogP contribution in [0.4, 0.5) is 0 Å². The SMILES string of the molecule is Cc1ccc(-c2ccc(-c3nc4c(C)ccc(I)c4s3)s2)s1. The Balaban J connectivity index is 1.81. The molecule has 0 spiro atoms. The van der Waals surface area contributed by atoms with Crippen molar-refractivity contribution in [3.8, 4) is 19.6 Å². The quantitative estimate of drug-likeness (QED) is 0.299. The van der Waals surface area contributed by atoms with Gasteiger partial charge in [-0.15, -0.1) is 34.0 Å². The fraction of sp³-hybridized carbons (Fsp3) is 0.118. The molecule has 0 aliphatic rings. The standard InChI is InChI=1S/C17H12INS3/c1-9-3-5-11(18)16-15(9)19-17(22-16)14-8-7-13(21-14)12-6-4-10(2)20-12/h3-8H,1-2H3. The van der Waals surface area contributed by atoms with Gasteiger partial charge in [-0.3, -0.25) is 0 Å². The molecule has 1 nitrogen and oxygen atoms in total. The third-order valence-electron chi connectivity index (χ3n) is 3.50. The number of aryl methyl sites for hydroxylation is 2. The number of fused-ring (bicyclic) bond motifs is 1. The first-order valence-electron chi connectivity index (χ1n) is 6.84. The van der Waals surface area contributed by atoms with Gasteiger partial charge in [0.15, 0.2) is 0 Å². The van der Waals surface area contributed by atoms with Crippen molar-refractivity contribution in [3.63, 3.8) is 0 Å². The average Bonchev–Trinajstić information content (AvgIpc) is 3.20. The lowest BCUT2D eigenvalue weighted by atomic mass is 10.2. The van der Waals surface area contributed by atoms with E-state index >= 15 is 0 Å². The average molecular weight is 453 g/mol. The van der Waals surface area contributed by atoms with Gasteiger partial charge in [0.2, 0.25) is 0 Å². The van der Waals surface area contributed by atoms with Crippen LogP contribution in [0.15, 0.2) is 36.4 Å². The smallest absolute Gasteiger partial charge is 0.134 e. The molecule has 0 amide bonds. The number of aromatic nitrogens is 1. The molecular weight excluding hydrogens is 441 g/mol. The molecule has 3 heterocycles. The minimum atomic E-state index is 1.13. The largest absolute Gasteiger partial charge is 0.235 e. The van der Waals surface area contributed by atoms with E-state index in [9.17, 15) is 0 Å². The summed E-state index contributed by atoms with van der Waals surface area (Å²) in [5.74, 6) is 0. The Kier molecular flexibility index (Phi) is 3.84. The fourth-order valence-electron chi connectivity index (χ4n) is 2.36. The fourth-order valence-corrected chi connectivity index (χ4v) is 6.19. The maximum atomic E-state index is 4.88. The van der Waals surface area contributed by atoms with Gasteiger partial charge in [0.1, 0.15) is 5.01 Å². The van der Waals surface area contributed by atoms with Gasteiger partial charge in [-0.25, -0.2) is 4.98 Å². The number of hydrogen-bond acceptors (Lipinski definition) is 4. The molecule has 0 atom stereocenters. The number of benzene rings is 1. The Morgan fingerprint density at radius 3 is 2.27 bits per heavy atom. The lowest BCUT2D eigenvalue weighted by Gasteiger charge is -1.94. The first kappa shape index (κ1) is 14.8. The van der Waals surface area contributed by atoms with Crippen molar-refractivity contribution in [2.24, 2.45) is 0 Å². The van der Waals surface area contributed by atoms with E-state index in [0.29, 0.717) is 0 Å². The molecule has 0 unspecified atom stereocenters. The zero-order valence-electron chi connectivity index (χ0n) is 12.0. The van der Waals surface area contributed by atoms with Gasteiger partial charge in [0.25, 0.3) is 0 Å². The van der Waals surface area contributed by atoms with Crippen LogP contribution in [0.5, 0.6) is 0 Å². The molecule has 110 valence electrons. The topological polar surface area (TPSA) is 12.9 Å². The zero-order chi connectivity index (χ0) is 15.3. The van der Waals surface area contributed by atoms with Crippen LogP contribution >= 0.6 is 56.6 Å². The summed E-state index contributed by atoms with van der Waals surface area (Å²) in [6, 6.07) is 13.1. The first-order valence-corrected chi connectivity index (χ1v) is 10.4. The number of rotatable bonds is 2. The Morgan fingerprint density at radius 1 is 0.818 bits per heavy atom. The third kappa shape index (κ3) is 2.54. The van der Waals surface area contributed by atoms with Crippen molar-refractivity contribution >= 4 is 66.8 Å². The summed E-state index contributed by atoms with van der Waals surface area (Å²) in [4.78, 5) is 10.2. The molecule has 0 saturated heterocycles. The van der Waals surface area contributed by atoms with Crippen LogP contribution in [0.2, 0.25) is 0 Å². The molecule has 0 bridgehead atoms. The molecule has 0 saturated carbocycles. The van der Waals surface area contributed by atoms with E-state index in [0.717, 1.165) is 10.5 Å². The van der Waals surface area contributed by atoms with E-state index in [1.54, 1.807) is 11.3 Å². The van der Waals surface area contributed by atoms with E-state index in [1.807, 2.05) is 22.7 Å². The highest BCUT2D eigenvalue weighted by atomic mass is 127. The van der Waals surface area contributed by atoms with Crippen LogP contribution in [0.3, 0.4) is 0 Å². The maximum Gasteiger partial charge on any atom is 0.134 e. The van der Waals surface area contributed by atoms with Crippen LogP contribution in [0.1, 0.15) is 10.4 Å². The summed E-state index contributed by atoms with van der Waals surface area (Å²) in [5, 5.41) is 1.13. The van der Waals surface area contributed by atoms with E-state index < -0.39 is 0 Å². The van der Waals surface area contributed by atoms with Crippen LogP contribution in [-0.4, -0.2) is 4.98 Å². The van der Waals surface area contributed by atoms with Gasteiger partial charge in [-0.05, 0) is 72.3 Å². The van der Waals surface area contributed by atoms with Crippen molar-refractivity contribution in [2.45, 2.75) is 13.8 Å². The van der Waals surface area contributed by atoms with E-state index in [4.69, 9.17) is 4.98 Å². The van der Waals surface area contributed by atoms with Crippen molar-refractivity contribution < 1.29 is 0 Å². The highest BCUT2D eigenvalue weighted by Gasteiger charge is 2.13. The zero-order valence-corrected chi connectivity index (χ0v) is 16.6. The molecule has 0 radical (unpaired) electrons. The lowest BCUT2D eigenvalue weighted by molar-refractivity contribution is 1.42. The maximum absolute atomic E-state index is 4.88. The van der Waals surface area contributed by atoms with E-state index in [-0.39, 0.29) is 0 Å². The summed E-state index contributed by atoms with van der Waals surface area (Å²) < 4.78 is 2.59. The third-order valence-corrected chi connectivity index (χ3v) is 8.30. The molecule has 0 aliphatic heterocycles. The van der Waals surface area contributed by atoms with E-state index in [1.165, 1.54) is 33.3 Å². The number of nitrogens with zero attached hydrogens (tertiary/aromatic N) is 1. The highest BCUT2D eigenvalue weighted by molar-refractivity contribution is 14.1. The van der Waals surface area contributed by atoms with Crippen molar-refractivity contribution in [2.75, 3.05) is 0 Å². The Bertz CT molecular complexity index is 938. The van der Waals surface area contributed by atoms with Gasteiger partial charge >= 0.3 is 0 Å². The summed E-state index contributed by atoms with van der Waals surface area (Å²) >= 11 is 7.89. The summed E-state index contributed by atoms with van der Waals surface area (Å²) in [6.07, 6.45) is 0. The lowest BCUT2D eigenvalue weighted by Crippen LogP contribution is -1.78. The van der Waals surface area contributed by atoms with Gasteiger partial charge in [-0.2, -0.15) is 0 Å². The highest BCUT2D eigenvalue weighted by Crippen LogP contribution is 2.41. The van der Waals surface area contributed by atoms with E-state index in [2.05, 4.69) is 72.8 Å².